The van der Waals surface area contributed by atoms with E-state index in [1.807, 2.05) is 12.1 Å². The third-order valence-corrected chi connectivity index (χ3v) is 3.19. The SMILES string of the molecule is COc1cc(OC)c([C@@H](N)CCC(C)C)cc1OC.Cl. The summed E-state index contributed by atoms with van der Waals surface area (Å²) in [6, 6.07) is 3.67. The summed E-state index contributed by atoms with van der Waals surface area (Å²) in [7, 11) is 4.86. The fourth-order valence-electron chi connectivity index (χ4n) is 2.01. The highest BCUT2D eigenvalue weighted by Gasteiger charge is 2.17. The number of hydrogen-bond acceptors (Lipinski definition) is 4. The monoisotopic (exact) mass is 303 g/mol. The van der Waals surface area contributed by atoms with Crippen molar-refractivity contribution in [3.8, 4) is 17.2 Å². The second kappa shape index (κ2) is 8.93. The molecule has 1 rings (SSSR count). The maximum atomic E-state index is 6.26. The second-order valence-corrected chi connectivity index (χ2v) is 5.03. The molecule has 0 aliphatic heterocycles. The van der Waals surface area contributed by atoms with Crippen molar-refractivity contribution in [3.05, 3.63) is 17.7 Å². The van der Waals surface area contributed by atoms with Gasteiger partial charge in [0.2, 0.25) is 0 Å². The predicted octanol–water partition coefficient (Wildman–Crippen LogP) is 3.57. The molecule has 0 bridgehead atoms. The third kappa shape index (κ3) is 4.76. The highest BCUT2D eigenvalue weighted by Crippen LogP contribution is 2.38. The number of ether oxygens (including phenoxy) is 3. The Bertz CT molecular complexity index is 410. The molecule has 0 spiro atoms. The van der Waals surface area contributed by atoms with E-state index in [-0.39, 0.29) is 18.4 Å². The van der Waals surface area contributed by atoms with E-state index in [1.165, 1.54) is 0 Å². The van der Waals surface area contributed by atoms with Crippen LogP contribution in [0.3, 0.4) is 0 Å². The van der Waals surface area contributed by atoms with E-state index < -0.39 is 0 Å². The first-order chi connectivity index (χ1) is 9.03. The summed E-state index contributed by atoms with van der Waals surface area (Å²) in [6.45, 7) is 4.39. The van der Waals surface area contributed by atoms with Crippen LogP contribution in [0.2, 0.25) is 0 Å². The van der Waals surface area contributed by atoms with Gasteiger partial charge in [0.15, 0.2) is 11.5 Å². The van der Waals surface area contributed by atoms with Gasteiger partial charge in [-0.25, -0.2) is 0 Å². The predicted molar refractivity (Wildman–Crippen MR) is 84.3 cm³/mol. The number of halogens is 1. The zero-order valence-corrected chi connectivity index (χ0v) is 13.8. The largest absolute Gasteiger partial charge is 0.496 e. The summed E-state index contributed by atoms with van der Waals surface area (Å²) in [6.07, 6.45) is 2.00. The second-order valence-electron chi connectivity index (χ2n) is 5.03. The molecule has 0 fully saturated rings. The Labute approximate surface area is 128 Å². The van der Waals surface area contributed by atoms with E-state index in [9.17, 15) is 0 Å². The van der Waals surface area contributed by atoms with E-state index >= 15 is 0 Å². The molecule has 0 saturated carbocycles. The number of hydrogen-bond donors (Lipinski definition) is 1. The van der Waals surface area contributed by atoms with E-state index in [0.717, 1.165) is 24.2 Å². The van der Waals surface area contributed by atoms with Crippen LogP contribution < -0.4 is 19.9 Å². The van der Waals surface area contributed by atoms with Crippen LogP contribution in [0.5, 0.6) is 17.2 Å². The molecule has 0 aromatic heterocycles. The van der Waals surface area contributed by atoms with E-state index in [1.54, 1.807) is 21.3 Å². The topological polar surface area (TPSA) is 53.7 Å². The molecule has 0 radical (unpaired) electrons. The van der Waals surface area contributed by atoms with Crippen molar-refractivity contribution in [1.82, 2.24) is 0 Å². The van der Waals surface area contributed by atoms with Crippen LogP contribution in [-0.2, 0) is 0 Å². The lowest BCUT2D eigenvalue weighted by atomic mass is 9.97. The van der Waals surface area contributed by atoms with Crippen LogP contribution in [0.15, 0.2) is 12.1 Å². The number of rotatable bonds is 7. The highest BCUT2D eigenvalue weighted by atomic mass is 35.5. The average Bonchev–Trinajstić information content (AvgIpc) is 2.42. The van der Waals surface area contributed by atoms with Crippen molar-refractivity contribution in [2.45, 2.75) is 32.7 Å². The maximum Gasteiger partial charge on any atom is 0.164 e. The van der Waals surface area contributed by atoms with Crippen LogP contribution >= 0.6 is 12.4 Å². The Balaban J connectivity index is 0.00000361. The first kappa shape index (κ1) is 18.9. The van der Waals surface area contributed by atoms with Gasteiger partial charge in [0.25, 0.3) is 0 Å². The van der Waals surface area contributed by atoms with Gasteiger partial charge < -0.3 is 19.9 Å². The standard InChI is InChI=1S/C15H25NO3.ClH/c1-10(2)6-7-12(16)11-8-14(18-4)15(19-5)9-13(11)17-3;/h8-10,12H,6-7,16H2,1-5H3;1H/t12-;/m0./s1. The lowest BCUT2D eigenvalue weighted by Crippen LogP contribution is -2.13. The number of nitrogens with two attached hydrogens (primary N) is 1. The molecule has 0 unspecified atom stereocenters. The molecule has 4 nitrogen and oxygen atoms in total. The van der Waals surface area contributed by atoms with Gasteiger partial charge in [0, 0.05) is 17.7 Å². The fraction of sp³-hybridized carbons (Fsp3) is 0.600. The van der Waals surface area contributed by atoms with Crippen LogP contribution in [-0.4, -0.2) is 21.3 Å². The van der Waals surface area contributed by atoms with E-state index in [4.69, 9.17) is 19.9 Å². The zero-order valence-electron chi connectivity index (χ0n) is 12.9. The smallest absolute Gasteiger partial charge is 0.164 e. The molecule has 116 valence electrons. The normalized spacial score (nSPS) is 11.8. The molecule has 1 atom stereocenters. The first-order valence-electron chi connectivity index (χ1n) is 6.59. The van der Waals surface area contributed by atoms with Gasteiger partial charge in [0.1, 0.15) is 5.75 Å². The maximum absolute atomic E-state index is 6.26. The van der Waals surface area contributed by atoms with Crippen LogP contribution in [0.1, 0.15) is 38.3 Å². The van der Waals surface area contributed by atoms with Gasteiger partial charge in [-0.2, -0.15) is 0 Å². The molecule has 1 aromatic rings. The minimum absolute atomic E-state index is 0. The summed E-state index contributed by atoms with van der Waals surface area (Å²) in [5.74, 6) is 2.71. The Kier molecular flexibility index (Phi) is 8.42. The van der Waals surface area contributed by atoms with Crippen molar-refractivity contribution in [2.24, 2.45) is 11.7 Å². The van der Waals surface area contributed by atoms with E-state index in [0.29, 0.717) is 17.4 Å². The van der Waals surface area contributed by atoms with Gasteiger partial charge in [-0.3, -0.25) is 0 Å². The fourth-order valence-corrected chi connectivity index (χ4v) is 2.01. The van der Waals surface area contributed by atoms with Gasteiger partial charge in [-0.05, 0) is 24.8 Å². The van der Waals surface area contributed by atoms with Crippen molar-refractivity contribution in [3.63, 3.8) is 0 Å². The minimum Gasteiger partial charge on any atom is -0.496 e. The summed E-state index contributed by atoms with van der Waals surface area (Å²) < 4.78 is 16.0. The van der Waals surface area contributed by atoms with Gasteiger partial charge >= 0.3 is 0 Å². The molecule has 0 amide bonds. The van der Waals surface area contributed by atoms with Gasteiger partial charge in [-0.1, -0.05) is 13.8 Å². The van der Waals surface area contributed by atoms with Crippen LogP contribution in [0, 0.1) is 5.92 Å². The van der Waals surface area contributed by atoms with Gasteiger partial charge in [-0.15, -0.1) is 12.4 Å². The van der Waals surface area contributed by atoms with Gasteiger partial charge in [0.05, 0.1) is 21.3 Å². The summed E-state index contributed by atoms with van der Waals surface area (Å²) in [5, 5.41) is 0. The van der Waals surface area contributed by atoms with Crippen LogP contribution in [0.4, 0.5) is 0 Å². The third-order valence-electron chi connectivity index (χ3n) is 3.19. The lowest BCUT2D eigenvalue weighted by molar-refractivity contribution is 0.345. The van der Waals surface area contributed by atoms with Crippen molar-refractivity contribution in [2.75, 3.05) is 21.3 Å². The molecular weight excluding hydrogens is 278 g/mol. The Morgan fingerprint density at radius 1 is 0.900 bits per heavy atom. The molecule has 0 aliphatic rings. The molecule has 0 saturated heterocycles. The molecule has 1 aromatic carbocycles. The average molecular weight is 304 g/mol. The minimum atomic E-state index is -0.0582. The highest BCUT2D eigenvalue weighted by molar-refractivity contribution is 5.85. The number of methoxy groups -OCH3 is 3. The Morgan fingerprint density at radius 3 is 1.85 bits per heavy atom. The van der Waals surface area contributed by atoms with E-state index in [2.05, 4.69) is 13.8 Å². The molecule has 2 N–H and O–H groups in total. The van der Waals surface area contributed by atoms with Crippen molar-refractivity contribution >= 4 is 12.4 Å². The van der Waals surface area contributed by atoms with Crippen molar-refractivity contribution < 1.29 is 14.2 Å². The Morgan fingerprint density at radius 2 is 1.40 bits per heavy atom. The number of benzene rings is 1. The molecular formula is C15H26ClNO3. The lowest BCUT2D eigenvalue weighted by Gasteiger charge is -2.19. The van der Waals surface area contributed by atoms with Crippen LogP contribution in [0.25, 0.3) is 0 Å². The molecule has 20 heavy (non-hydrogen) atoms. The summed E-state index contributed by atoms with van der Waals surface area (Å²) >= 11 is 0. The molecule has 0 aliphatic carbocycles. The first-order valence-corrected chi connectivity index (χ1v) is 6.59. The molecule has 5 heteroatoms. The Hall–Kier alpha value is -1.13. The zero-order chi connectivity index (χ0) is 14.4. The quantitative estimate of drug-likeness (QED) is 0.836. The summed E-state index contributed by atoms with van der Waals surface area (Å²) in [4.78, 5) is 0. The molecule has 0 heterocycles. The van der Waals surface area contributed by atoms with Crippen molar-refractivity contribution in [1.29, 1.82) is 0 Å². The summed E-state index contributed by atoms with van der Waals surface area (Å²) in [5.41, 5.74) is 7.22.